The maximum atomic E-state index is 12.2. The first-order valence-corrected chi connectivity index (χ1v) is 6.96. The van der Waals surface area contributed by atoms with Crippen LogP contribution >= 0.6 is 24.4 Å². The average Bonchev–Trinajstić information content (AvgIpc) is 2.30. The molecular formula is C12H15NOS2. The Kier molecular flexibility index (Phi) is 3.82. The molecule has 0 N–H and O–H groups in total. The van der Waals surface area contributed by atoms with Crippen molar-refractivity contribution in [3.8, 4) is 0 Å². The van der Waals surface area contributed by atoms with Gasteiger partial charge in [-0.05, 0) is 31.2 Å². The Balaban J connectivity index is 2.14. The Morgan fingerprint density at radius 2 is 2.12 bits per heavy atom. The molecule has 86 valence electrons. The lowest BCUT2D eigenvalue weighted by Crippen LogP contribution is -2.44. The summed E-state index contributed by atoms with van der Waals surface area (Å²) in [6.45, 7) is 2.96. The van der Waals surface area contributed by atoms with Crippen molar-refractivity contribution in [2.75, 3.05) is 18.1 Å². The maximum Gasteiger partial charge on any atom is 0.254 e. The molecule has 2 rings (SSSR count). The lowest BCUT2D eigenvalue weighted by molar-refractivity contribution is 0.0716. The minimum atomic E-state index is 0.140. The SMILES string of the molecule is CC1CSCCN1C(=O)c1ccc(S)cc1. The van der Waals surface area contributed by atoms with E-state index in [9.17, 15) is 4.79 Å². The van der Waals surface area contributed by atoms with Crippen LogP contribution in [0.2, 0.25) is 0 Å². The van der Waals surface area contributed by atoms with Crippen molar-refractivity contribution < 1.29 is 4.79 Å². The quantitative estimate of drug-likeness (QED) is 0.776. The molecule has 0 saturated carbocycles. The molecule has 1 aliphatic rings. The average molecular weight is 253 g/mol. The summed E-state index contributed by atoms with van der Waals surface area (Å²) >= 11 is 6.13. The van der Waals surface area contributed by atoms with Gasteiger partial charge in [0.25, 0.3) is 5.91 Å². The zero-order valence-corrected chi connectivity index (χ0v) is 10.9. The van der Waals surface area contributed by atoms with E-state index in [4.69, 9.17) is 0 Å². The highest BCUT2D eigenvalue weighted by atomic mass is 32.2. The summed E-state index contributed by atoms with van der Waals surface area (Å²) in [5, 5.41) is 0. The third-order valence-electron chi connectivity index (χ3n) is 2.74. The Morgan fingerprint density at radius 1 is 1.44 bits per heavy atom. The van der Waals surface area contributed by atoms with Crippen LogP contribution in [0.15, 0.2) is 29.2 Å². The van der Waals surface area contributed by atoms with E-state index in [0.29, 0.717) is 6.04 Å². The van der Waals surface area contributed by atoms with Crippen LogP contribution in [0, 0.1) is 0 Å². The number of thiol groups is 1. The predicted octanol–water partition coefficient (Wildman–Crippen LogP) is 2.55. The first-order chi connectivity index (χ1) is 7.68. The fraction of sp³-hybridized carbons (Fsp3) is 0.417. The molecule has 1 aliphatic heterocycles. The molecule has 1 atom stereocenters. The minimum Gasteiger partial charge on any atom is -0.334 e. The van der Waals surface area contributed by atoms with Gasteiger partial charge in [-0.3, -0.25) is 4.79 Å². The van der Waals surface area contributed by atoms with Crippen LogP contribution in [0.5, 0.6) is 0 Å². The summed E-state index contributed by atoms with van der Waals surface area (Å²) in [5.41, 5.74) is 0.761. The van der Waals surface area contributed by atoms with Gasteiger partial charge in [0.2, 0.25) is 0 Å². The molecule has 0 bridgehead atoms. The minimum absolute atomic E-state index is 0.140. The number of carbonyl (C=O) groups excluding carboxylic acids is 1. The summed E-state index contributed by atoms with van der Waals surface area (Å²) < 4.78 is 0. The lowest BCUT2D eigenvalue weighted by atomic mass is 10.1. The van der Waals surface area contributed by atoms with Crippen LogP contribution in [-0.2, 0) is 0 Å². The summed E-state index contributed by atoms with van der Waals surface area (Å²) in [7, 11) is 0. The molecular weight excluding hydrogens is 238 g/mol. The molecule has 1 heterocycles. The number of hydrogen-bond donors (Lipinski definition) is 1. The number of thioether (sulfide) groups is 1. The summed E-state index contributed by atoms with van der Waals surface area (Å²) in [4.78, 5) is 15.1. The van der Waals surface area contributed by atoms with Crippen molar-refractivity contribution in [2.45, 2.75) is 17.9 Å². The topological polar surface area (TPSA) is 20.3 Å². The third-order valence-corrected chi connectivity index (χ3v) is 4.23. The number of hydrogen-bond acceptors (Lipinski definition) is 3. The Labute approximate surface area is 106 Å². The normalized spacial score (nSPS) is 20.9. The molecule has 16 heavy (non-hydrogen) atoms. The van der Waals surface area contributed by atoms with Gasteiger partial charge in [-0.1, -0.05) is 0 Å². The van der Waals surface area contributed by atoms with Crippen LogP contribution in [0.4, 0.5) is 0 Å². The number of amides is 1. The van der Waals surface area contributed by atoms with E-state index >= 15 is 0 Å². The number of benzene rings is 1. The summed E-state index contributed by atoms with van der Waals surface area (Å²) in [6.07, 6.45) is 0. The number of nitrogens with zero attached hydrogens (tertiary/aromatic N) is 1. The van der Waals surface area contributed by atoms with E-state index in [0.717, 1.165) is 28.5 Å². The zero-order valence-electron chi connectivity index (χ0n) is 9.22. The first kappa shape index (κ1) is 11.9. The summed E-state index contributed by atoms with van der Waals surface area (Å²) in [6, 6.07) is 7.75. The van der Waals surface area contributed by atoms with Crippen molar-refractivity contribution in [3.63, 3.8) is 0 Å². The molecule has 1 aromatic rings. The van der Waals surface area contributed by atoms with Crippen LogP contribution in [-0.4, -0.2) is 34.9 Å². The molecule has 1 amide bonds. The zero-order chi connectivity index (χ0) is 11.5. The Bertz CT molecular complexity index is 377. The first-order valence-electron chi connectivity index (χ1n) is 5.36. The standard InChI is InChI=1S/C12H15NOS2/c1-9-8-16-7-6-13(9)12(14)10-2-4-11(15)5-3-10/h2-5,9,15H,6-8H2,1H3. The maximum absolute atomic E-state index is 12.2. The molecule has 1 aromatic carbocycles. The summed E-state index contributed by atoms with van der Waals surface area (Å²) in [5.74, 6) is 2.22. The number of carbonyl (C=O) groups is 1. The second kappa shape index (κ2) is 5.15. The molecule has 0 aliphatic carbocycles. The highest BCUT2D eigenvalue weighted by Crippen LogP contribution is 2.19. The van der Waals surface area contributed by atoms with E-state index in [1.807, 2.05) is 40.9 Å². The monoisotopic (exact) mass is 253 g/mol. The van der Waals surface area contributed by atoms with E-state index in [1.54, 1.807) is 0 Å². The Morgan fingerprint density at radius 3 is 2.75 bits per heavy atom. The second-order valence-corrected chi connectivity index (χ2v) is 5.64. The molecule has 0 radical (unpaired) electrons. The van der Waals surface area contributed by atoms with Gasteiger partial charge in [-0.2, -0.15) is 11.8 Å². The molecule has 0 aromatic heterocycles. The third kappa shape index (κ3) is 2.55. The predicted molar refractivity (Wildman–Crippen MR) is 71.5 cm³/mol. The van der Waals surface area contributed by atoms with E-state index < -0.39 is 0 Å². The lowest BCUT2D eigenvalue weighted by Gasteiger charge is -2.33. The van der Waals surface area contributed by atoms with Crippen molar-refractivity contribution in [1.82, 2.24) is 4.90 Å². The Hall–Kier alpha value is -0.610. The van der Waals surface area contributed by atoms with Crippen molar-refractivity contribution in [3.05, 3.63) is 29.8 Å². The van der Waals surface area contributed by atoms with Gasteiger partial charge in [0, 0.05) is 34.6 Å². The fourth-order valence-corrected chi connectivity index (χ4v) is 2.96. The van der Waals surface area contributed by atoms with Gasteiger partial charge in [0.1, 0.15) is 0 Å². The molecule has 0 spiro atoms. The van der Waals surface area contributed by atoms with Gasteiger partial charge in [0.15, 0.2) is 0 Å². The highest BCUT2D eigenvalue weighted by molar-refractivity contribution is 7.99. The smallest absolute Gasteiger partial charge is 0.254 e. The van der Waals surface area contributed by atoms with E-state index in [-0.39, 0.29) is 5.91 Å². The fourth-order valence-electron chi connectivity index (χ4n) is 1.80. The van der Waals surface area contributed by atoms with Gasteiger partial charge in [-0.15, -0.1) is 12.6 Å². The van der Waals surface area contributed by atoms with Crippen LogP contribution in [0.1, 0.15) is 17.3 Å². The highest BCUT2D eigenvalue weighted by Gasteiger charge is 2.24. The second-order valence-electron chi connectivity index (χ2n) is 3.97. The van der Waals surface area contributed by atoms with Gasteiger partial charge < -0.3 is 4.90 Å². The van der Waals surface area contributed by atoms with Gasteiger partial charge in [0.05, 0.1) is 0 Å². The largest absolute Gasteiger partial charge is 0.334 e. The van der Waals surface area contributed by atoms with Crippen LogP contribution < -0.4 is 0 Å². The van der Waals surface area contributed by atoms with Crippen molar-refractivity contribution >= 4 is 30.3 Å². The molecule has 1 fully saturated rings. The molecule has 2 nitrogen and oxygen atoms in total. The van der Waals surface area contributed by atoms with E-state index in [1.165, 1.54) is 0 Å². The molecule has 1 unspecified atom stereocenters. The van der Waals surface area contributed by atoms with Crippen LogP contribution in [0.3, 0.4) is 0 Å². The van der Waals surface area contributed by atoms with Crippen LogP contribution in [0.25, 0.3) is 0 Å². The van der Waals surface area contributed by atoms with Gasteiger partial charge in [-0.25, -0.2) is 0 Å². The van der Waals surface area contributed by atoms with Crippen molar-refractivity contribution in [2.24, 2.45) is 0 Å². The molecule has 1 saturated heterocycles. The van der Waals surface area contributed by atoms with Crippen molar-refractivity contribution in [1.29, 1.82) is 0 Å². The number of rotatable bonds is 1. The molecule has 4 heteroatoms. The van der Waals surface area contributed by atoms with Gasteiger partial charge >= 0.3 is 0 Å². The van der Waals surface area contributed by atoms with E-state index in [2.05, 4.69) is 19.6 Å².